The van der Waals surface area contributed by atoms with E-state index in [0.717, 1.165) is 48.4 Å². The van der Waals surface area contributed by atoms with E-state index in [0.29, 0.717) is 22.3 Å². The highest BCUT2D eigenvalue weighted by atomic mass is 35.5. The van der Waals surface area contributed by atoms with Crippen LogP contribution >= 0.6 is 11.6 Å². The van der Waals surface area contributed by atoms with E-state index >= 15 is 0 Å². The molecule has 1 aromatic carbocycles. The smallest absolute Gasteiger partial charge is 0.253 e. The zero-order valence-corrected chi connectivity index (χ0v) is 19.9. The van der Waals surface area contributed by atoms with Crippen molar-refractivity contribution >= 4 is 17.5 Å². The number of halogens is 1. The van der Waals surface area contributed by atoms with Crippen LogP contribution in [0.4, 0.5) is 0 Å². The average molecular weight is 449 g/mol. The van der Waals surface area contributed by atoms with Crippen LogP contribution in [0.5, 0.6) is 0 Å². The molecule has 2 aromatic heterocycles. The van der Waals surface area contributed by atoms with Crippen molar-refractivity contribution in [3.05, 3.63) is 65.1 Å². The molecule has 0 aliphatic carbocycles. The van der Waals surface area contributed by atoms with Crippen molar-refractivity contribution in [3.63, 3.8) is 0 Å². The lowest BCUT2D eigenvalue weighted by atomic mass is 9.91. The van der Waals surface area contributed by atoms with Gasteiger partial charge in [0.25, 0.3) is 5.91 Å². The van der Waals surface area contributed by atoms with Gasteiger partial charge >= 0.3 is 0 Å². The molecule has 166 valence electrons. The van der Waals surface area contributed by atoms with Crippen molar-refractivity contribution in [2.75, 3.05) is 13.1 Å². The number of hydrogen-bond acceptors (Lipinski definition) is 4. The molecule has 1 fully saturated rings. The lowest BCUT2D eigenvalue weighted by molar-refractivity contribution is 0.0697. The van der Waals surface area contributed by atoms with Gasteiger partial charge < -0.3 is 4.90 Å². The quantitative estimate of drug-likeness (QED) is 0.490. The number of benzene rings is 1. The molecule has 6 heteroatoms. The SMILES string of the molecule is CC1CCN(C(=O)c2ccc(-c3ccnc(-c4ccnc(C(C)(C)C)c4)n3)c(Cl)c2)CC1. The van der Waals surface area contributed by atoms with Crippen LogP contribution in [0.1, 0.15) is 56.6 Å². The molecule has 0 saturated carbocycles. The number of aromatic nitrogens is 3. The van der Waals surface area contributed by atoms with Crippen molar-refractivity contribution in [1.29, 1.82) is 0 Å². The fourth-order valence-electron chi connectivity index (χ4n) is 3.88. The van der Waals surface area contributed by atoms with Crippen LogP contribution in [0.3, 0.4) is 0 Å². The van der Waals surface area contributed by atoms with Gasteiger partial charge in [-0.05, 0) is 49.1 Å². The number of rotatable bonds is 3. The Labute approximate surface area is 194 Å². The van der Waals surface area contributed by atoms with Crippen LogP contribution < -0.4 is 0 Å². The second-order valence-corrected chi connectivity index (χ2v) is 10.0. The maximum absolute atomic E-state index is 12.9. The fraction of sp³-hybridized carbons (Fsp3) is 0.385. The highest BCUT2D eigenvalue weighted by molar-refractivity contribution is 6.33. The molecule has 32 heavy (non-hydrogen) atoms. The van der Waals surface area contributed by atoms with Crippen LogP contribution in [-0.2, 0) is 5.41 Å². The average Bonchev–Trinajstić information content (AvgIpc) is 2.78. The minimum Gasteiger partial charge on any atom is -0.339 e. The standard InChI is InChI=1S/C26H29ClN4O/c1-17-9-13-31(14-10-17)25(32)19-5-6-20(21(27)15-19)22-8-12-29-24(30-22)18-7-11-28-23(16-18)26(2,3)4/h5-8,11-12,15-17H,9-10,13-14H2,1-4H3. The van der Waals surface area contributed by atoms with Crippen LogP contribution in [0.25, 0.3) is 22.6 Å². The molecular weight excluding hydrogens is 420 g/mol. The molecule has 0 radical (unpaired) electrons. The van der Waals surface area contributed by atoms with Crippen molar-refractivity contribution in [2.45, 2.75) is 46.0 Å². The second kappa shape index (κ2) is 8.99. The van der Waals surface area contributed by atoms with Crippen LogP contribution in [0.2, 0.25) is 5.02 Å². The molecule has 4 rings (SSSR count). The van der Waals surface area contributed by atoms with Crippen molar-refractivity contribution in [3.8, 4) is 22.6 Å². The third-order valence-corrected chi connectivity index (χ3v) is 6.32. The molecule has 0 N–H and O–H groups in total. The van der Waals surface area contributed by atoms with Gasteiger partial charge in [0.05, 0.1) is 10.7 Å². The molecule has 0 atom stereocenters. The summed E-state index contributed by atoms with van der Waals surface area (Å²) in [6.45, 7) is 10.2. The van der Waals surface area contributed by atoms with Gasteiger partial charge in [-0.1, -0.05) is 45.4 Å². The number of pyridine rings is 1. The molecule has 3 heterocycles. The fourth-order valence-corrected chi connectivity index (χ4v) is 4.16. The summed E-state index contributed by atoms with van der Waals surface area (Å²) in [6.07, 6.45) is 5.63. The predicted octanol–water partition coefficient (Wildman–Crippen LogP) is 6.03. The Morgan fingerprint density at radius 2 is 1.75 bits per heavy atom. The van der Waals surface area contributed by atoms with Gasteiger partial charge in [0.15, 0.2) is 5.82 Å². The monoisotopic (exact) mass is 448 g/mol. The zero-order chi connectivity index (χ0) is 22.9. The van der Waals surface area contributed by atoms with Crippen LogP contribution in [0.15, 0.2) is 48.8 Å². The van der Waals surface area contributed by atoms with Crippen molar-refractivity contribution < 1.29 is 4.79 Å². The summed E-state index contributed by atoms with van der Waals surface area (Å²) >= 11 is 6.61. The van der Waals surface area contributed by atoms with Crippen LogP contribution in [-0.4, -0.2) is 38.8 Å². The highest BCUT2D eigenvalue weighted by Gasteiger charge is 2.22. The van der Waals surface area contributed by atoms with E-state index in [-0.39, 0.29) is 11.3 Å². The first-order valence-corrected chi connectivity index (χ1v) is 11.5. The van der Waals surface area contributed by atoms with E-state index in [2.05, 4.69) is 37.7 Å². The zero-order valence-electron chi connectivity index (χ0n) is 19.1. The summed E-state index contributed by atoms with van der Waals surface area (Å²) in [4.78, 5) is 28.5. The first-order valence-electron chi connectivity index (χ1n) is 11.1. The third-order valence-electron chi connectivity index (χ3n) is 6.00. The van der Waals surface area contributed by atoms with Crippen molar-refractivity contribution in [1.82, 2.24) is 19.9 Å². The Bertz CT molecular complexity index is 1130. The minimum atomic E-state index is -0.0638. The Hall–Kier alpha value is -2.79. The summed E-state index contributed by atoms with van der Waals surface area (Å²) in [7, 11) is 0. The molecule has 3 aromatic rings. The maximum Gasteiger partial charge on any atom is 0.253 e. The van der Waals surface area contributed by atoms with E-state index < -0.39 is 0 Å². The molecule has 0 bridgehead atoms. The van der Waals surface area contributed by atoms with E-state index in [1.807, 2.05) is 35.2 Å². The molecule has 1 amide bonds. The van der Waals surface area contributed by atoms with Gasteiger partial charge in [-0.3, -0.25) is 9.78 Å². The molecule has 0 unspecified atom stereocenters. The van der Waals surface area contributed by atoms with Crippen LogP contribution in [0, 0.1) is 5.92 Å². The number of likely N-dealkylation sites (tertiary alicyclic amines) is 1. The number of nitrogens with zero attached hydrogens (tertiary/aromatic N) is 4. The summed E-state index contributed by atoms with van der Waals surface area (Å²) in [5.74, 6) is 1.34. The topological polar surface area (TPSA) is 59.0 Å². The highest BCUT2D eigenvalue weighted by Crippen LogP contribution is 2.30. The number of carbonyl (C=O) groups is 1. The Kier molecular flexibility index (Phi) is 6.29. The van der Waals surface area contributed by atoms with E-state index in [1.165, 1.54) is 0 Å². The number of piperidine rings is 1. The molecule has 1 saturated heterocycles. The normalized spacial score (nSPS) is 15.1. The first-order chi connectivity index (χ1) is 15.2. The molecule has 0 spiro atoms. The summed E-state index contributed by atoms with van der Waals surface area (Å²) < 4.78 is 0. The summed E-state index contributed by atoms with van der Waals surface area (Å²) in [5, 5.41) is 0.510. The van der Waals surface area contributed by atoms with Gasteiger partial charge in [0.1, 0.15) is 0 Å². The largest absolute Gasteiger partial charge is 0.339 e. The molecule has 5 nitrogen and oxygen atoms in total. The van der Waals surface area contributed by atoms with Gasteiger partial charge in [-0.15, -0.1) is 0 Å². The third kappa shape index (κ3) is 4.83. The second-order valence-electron chi connectivity index (χ2n) is 9.61. The lowest BCUT2D eigenvalue weighted by Crippen LogP contribution is -2.37. The summed E-state index contributed by atoms with van der Waals surface area (Å²) in [6, 6.07) is 11.3. The van der Waals surface area contributed by atoms with Gasteiger partial charge in [-0.2, -0.15) is 0 Å². The lowest BCUT2D eigenvalue weighted by Gasteiger charge is -2.30. The number of amides is 1. The molecule has 1 aliphatic rings. The summed E-state index contributed by atoms with van der Waals surface area (Å²) in [5.41, 5.74) is 3.95. The van der Waals surface area contributed by atoms with E-state index in [1.54, 1.807) is 18.5 Å². The number of hydrogen-bond donors (Lipinski definition) is 0. The molecule has 1 aliphatic heterocycles. The Morgan fingerprint density at radius 3 is 2.44 bits per heavy atom. The molecular formula is C26H29ClN4O. The van der Waals surface area contributed by atoms with Crippen molar-refractivity contribution in [2.24, 2.45) is 5.92 Å². The first kappa shape index (κ1) is 22.4. The maximum atomic E-state index is 12.9. The minimum absolute atomic E-state index is 0.0419. The van der Waals surface area contributed by atoms with Gasteiger partial charge in [-0.25, -0.2) is 9.97 Å². The van der Waals surface area contributed by atoms with Gasteiger partial charge in [0.2, 0.25) is 0 Å². The van der Waals surface area contributed by atoms with Gasteiger partial charge in [0, 0.05) is 53.3 Å². The number of carbonyl (C=O) groups excluding carboxylic acids is 1. The predicted molar refractivity (Wildman–Crippen MR) is 129 cm³/mol. The Morgan fingerprint density at radius 1 is 1.03 bits per heavy atom. The van der Waals surface area contributed by atoms with E-state index in [9.17, 15) is 4.79 Å². The Balaban J connectivity index is 1.60. The van der Waals surface area contributed by atoms with E-state index in [4.69, 9.17) is 16.6 Å².